The van der Waals surface area contributed by atoms with Gasteiger partial charge in [-0.05, 0) is 55.4 Å². The first-order valence-electron chi connectivity index (χ1n) is 10.5. The van der Waals surface area contributed by atoms with Gasteiger partial charge in [-0.25, -0.2) is 8.42 Å². The second-order valence-corrected chi connectivity index (χ2v) is 10.0. The third-order valence-corrected chi connectivity index (χ3v) is 7.08. The number of nitrogens with zero attached hydrogens (tertiary/aromatic N) is 1. The fourth-order valence-electron chi connectivity index (χ4n) is 3.91. The van der Waals surface area contributed by atoms with Crippen LogP contribution in [-0.4, -0.2) is 44.3 Å². The van der Waals surface area contributed by atoms with Crippen molar-refractivity contribution in [3.8, 4) is 0 Å². The van der Waals surface area contributed by atoms with Gasteiger partial charge < -0.3 is 10.2 Å². The Labute approximate surface area is 173 Å². The standard InChI is InChI=1S/C21H31N3O4S/c1-15(2)20(21(26)24-12-5-3-4-6-13-24)23-29(27,28)17-10-11-18-16(14-17)8-7-9-19(25)22-18/h10-11,14-15,20,23H,3-9,12-13H2,1-2H3,(H,22,25)/t20-/m1/s1. The smallest absolute Gasteiger partial charge is 0.241 e. The van der Waals surface area contributed by atoms with Crippen LogP contribution in [0.15, 0.2) is 23.1 Å². The summed E-state index contributed by atoms with van der Waals surface area (Å²) in [5.41, 5.74) is 1.46. The Morgan fingerprint density at radius 2 is 1.76 bits per heavy atom. The zero-order valence-corrected chi connectivity index (χ0v) is 18.1. The number of aryl methyl sites for hydroxylation is 1. The van der Waals surface area contributed by atoms with E-state index in [1.165, 1.54) is 6.07 Å². The Bertz CT molecular complexity index is 859. The maximum Gasteiger partial charge on any atom is 0.241 e. The quantitative estimate of drug-likeness (QED) is 0.764. The summed E-state index contributed by atoms with van der Waals surface area (Å²) in [5.74, 6) is -0.367. The summed E-state index contributed by atoms with van der Waals surface area (Å²) in [7, 11) is -3.87. The zero-order valence-electron chi connectivity index (χ0n) is 17.2. The average molecular weight is 422 g/mol. The van der Waals surface area contributed by atoms with Gasteiger partial charge in [-0.3, -0.25) is 9.59 Å². The number of amides is 2. The Balaban J connectivity index is 1.81. The highest BCUT2D eigenvalue weighted by Gasteiger charge is 2.32. The molecule has 0 aromatic heterocycles. The lowest BCUT2D eigenvalue weighted by atomic mass is 10.0. The maximum absolute atomic E-state index is 13.1. The van der Waals surface area contributed by atoms with Crippen LogP contribution in [0.1, 0.15) is 57.9 Å². The first kappa shape index (κ1) is 21.8. The molecule has 2 heterocycles. The van der Waals surface area contributed by atoms with Crippen LogP contribution in [0.25, 0.3) is 0 Å². The summed E-state index contributed by atoms with van der Waals surface area (Å²) in [5, 5.41) is 2.81. The van der Waals surface area contributed by atoms with Crippen molar-refractivity contribution in [3.05, 3.63) is 23.8 Å². The fraction of sp³-hybridized carbons (Fsp3) is 0.619. The predicted octanol–water partition coefficient (Wildman–Crippen LogP) is 2.67. The molecular weight excluding hydrogens is 390 g/mol. The molecule has 2 N–H and O–H groups in total. The lowest BCUT2D eigenvalue weighted by Gasteiger charge is -2.29. The van der Waals surface area contributed by atoms with Crippen LogP contribution in [0.2, 0.25) is 0 Å². The molecule has 1 saturated heterocycles. The molecule has 2 amide bonds. The Morgan fingerprint density at radius 1 is 1.07 bits per heavy atom. The molecule has 1 aromatic rings. The third kappa shape index (κ3) is 5.36. The molecule has 7 nitrogen and oxygen atoms in total. The van der Waals surface area contributed by atoms with Gasteiger partial charge in [0.2, 0.25) is 21.8 Å². The number of hydrogen-bond donors (Lipinski definition) is 2. The first-order valence-corrected chi connectivity index (χ1v) is 12.0. The van der Waals surface area contributed by atoms with E-state index >= 15 is 0 Å². The molecule has 1 atom stereocenters. The van der Waals surface area contributed by atoms with Crippen LogP contribution < -0.4 is 10.0 Å². The SMILES string of the molecule is CC(C)[C@@H](NS(=O)(=O)c1ccc2c(c1)CCCC(=O)N2)C(=O)N1CCCCCC1. The molecule has 2 aliphatic heterocycles. The molecule has 1 aromatic carbocycles. The normalized spacial score (nSPS) is 19.1. The van der Waals surface area contributed by atoms with Crippen LogP contribution in [0.3, 0.4) is 0 Å². The van der Waals surface area contributed by atoms with E-state index in [0.29, 0.717) is 38.0 Å². The second-order valence-electron chi connectivity index (χ2n) is 8.30. The van der Waals surface area contributed by atoms with Gasteiger partial charge in [0.1, 0.15) is 6.04 Å². The van der Waals surface area contributed by atoms with Crippen molar-refractivity contribution < 1.29 is 18.0 Å². The van der Waals surface area contributed by atoms with Gasteiger partial charge in [0, 0.05) is 25.2 Å². The van der Waals surface area contributed by atoms with Gasteiger partial charge in [0.25, 0.3) is 0 Å². The topological polar surface area (TPSA) is 95.6 Å². The van der Waals surface area contributed by atoms with E-state index in [1.807, 2.05) is 13.8 Å². The van der Waals surface area contributed by atoms with Gasteiger partial charge in [-0.1, -0.05) is 26.7 Å². The summed E-state index contributed by atoms with van der Waals surface area (Å²) in [6.07, 6.45) is 5.87. The van der Waals surface area contributed by atoms with Crippen molar-refractivity contribution >= 4 is 27.5 Å². The van der Waals surface area contributed by atoms with Gasteiger partial charge in [0.15, 0.2) is 0 Å². The summed E-state index contributed by atoms with van der Waals surface area (Å²) in [6.45, 7) is 5.08. The molecular formula is C21H31N3O4S. The average Bonchev–Trinajstić information content (AvgIpc) is 3.05. The molecule has 2 aliphatic rings. The van der Waals surface area contributed by atoms with E-state index in [1.54, 1.807) is 17.0 Å². The van der Waals surface area contributed by atoms with E-state index < -0.39 is 16.1 Å². The number of carbonyl (C=O) groups excluding carboxylic acids is 2. The molecule has 1 fully saturated rings. The lowest BCUT2D eigenvalue weighted by Crippen LogP contribution is -2.51. The molecule has 0 saturated carbocycles. The molecule has 0 radical (unpaired) electrons. The monoisotopic (exact) mass is 421 g/mol. The van der Waals surface area contributed by atoms with E-state index in [4.69, 9.17) is 0 Å². The third-order valence-electron chi connectivity index (χ3n) is 5.64. The largest absolute Gasteiger partial charge is 0.341 e. The Morgan fingerprint density at radius 3 is 2.41 bits per heavy atom. The first-order chi connectivity index (χ1) is 13.8. The van der Waals surface area contributed by atoms with Crippen molar-refractivity contribution in [3.63, 3.8) is 0 Å². The van der Waals surface area contributed by atoms with Crippen LogP contribution in [0.5, 0.6) is 0 Å². The molecule has 0 unspecified atom stereocenters. The van der Waals surface area contributed by atoms with Crippen molar-refractivity contribution in [1.82, 2.24) is 9.62 Å². The molecule has 160 valence electrons. The van der Waals surface area contributed by atoms with Crippen molar-refractivity contribution in [2.24, 2.45) is 5.92 Å². The van der Waals surface area contributed by atoms with E-state index in [9.17, 15) is 18.0 Å². The summed E-state index contributed by atoms with van der Waals surface area (Å²) in [4.78, 5) is 26.7. The van der Waals surface area contributed by atoms with Crippen LogP contribution in [0.4, 0.5) is 5.69 Å². The molecule has 0 spiro atoms. The summed E-state index contributed by atoms with van der Waals surface area (Å²) >= 11 is 0. The number of rotatable bonds is 5. The van der Waals surface area contributed by atoms with Gasteiger partial charge in [0.05, 0.1) is 4.90 Å². The highest BCUT2D eigenvalue weighted by molar-refractivity contribution is 7.89. The molecule has 29 heavy (non-hydrogen) atoms. The number of likely N-dealkylation sites (tertiary alicyclic amines) is 1. The van der Waals surface area contributed by atoms with Crippen molar-refractivity contribution in [2.45, 2.75) is 69.7 Å². The molecule has 3 rings (SSSR count). The van der Waals surface area contributed by atoms with Gasteiger partial charge in [-0.2, -0.15) is 4.72 Å². The predicted molar refractivity (Wildman–Crippen MR) is 112 cm³/mol. The lowest BCUT2D eigenvalue weighted by molar-refractivity contribution is -0.134. The maximum atomic E-state index is 13.1. The van der Waals surface area contributed by atoms with Crippen LogP contribution in [-0.2, 0) is 26.0 Å². The highest BCUT2D eigenvalue weighted by atomic mass is 32.2. The van der Waals surface area contributed by atoms with E-state index in [2.05, 4.69) is 10.0 Å². The van der Waals surface area contributed by atoms with Crippen LogP contribution >= 0.6 is 0 Å². The number of fused-ring (bicyclic) bond motifs is 1. The van der Waals surface area contributed by atoms with Crippen LogP contribution in [0, 0.1) is 5.92 Å². The number of hydrogen-bond acceptors (Lipinski definition) is 4. The number of nitrogens with one attached hydrogen (secondary N) is 2. The van der Waals surface area contributed by atoms with E-state index in [0.717, 1.165) is 31.2 Å². The number of carbonyl (C=O) groups is 2. The number of sulfonamides is 1. The number of benzene rings is 1. The Kier molecular flexibility index (Phi) is 6.95. The van der Waals surface area contributed by atoms with Crippen molar-refractivity contribution in [1.29, 1.82) is 0 Å². The fourth-order valence-corrected chi connectivity index (χ4v) is 5.30. The minimum absolute atomic E-state index is 0.0552. The summed E-state index contributed by atoms with van der Waals surface area (Å²) < 4.78 is 28.8. The van der Waals surface area contributed by atoms with E-state index in [-0.39, 0.29) is 22.6 Å². The summed E-state index contributed by atoms with van der Waals surface area (Å²) in [6, 6.07) is 3.93. The second kappa shape index (κ2) is 9.26. The van der Waals surface area contributed by atoms with Gasteiger partial charge in [-0.15, -0.1) is 0 Å². The zero-order chi connectivity index (χ0) is 21.0. The Hall–Kier alpha value is -1.93. The van der Waals surface area contributed by atoms with Crippen molar-refractivity contribution in [2.75, 3.05) is 18.4 Å². The molecule has 0 bridgehead atoms. The molecule has 8 heteroatoms. The van der Waals surface area contributed by atoms with Gasteiger partial charge >= 0.3 is 0 Å². The minimum Gasteiger partial charge on any atom is -0.341 e. The molecule has 0 aliphatic carbocycles. The minimum atomic E-state index is -3.87. The highest BCUT2D eigenvalue weighted by Crippen LogP contribution is 2.25. The number of anilines is 1.